The number of likely N-dealkylation sites (tertiary alicyclic amines) is 1. The van der Waals surface area contributed by atoms with Gasteiger partial charge < -0.3 is 14.8 Å². The zero-order valence-corrected chi connectivity index (χ0v) is 16.3. The van der Waals surface area contributed by atoms with Gasteiger partial charge in [0.1, 0.15) is 11.5 Å². The molecule has 1 saturated heterocycles. The molecule has 2 heterocycles. The Hall–Kier alpha value is -2.54. The number of benzene rings is 1. The summed E-state index contributed by atoms with van der Waals surface area (Å²) in [6.07, 6.45) is 3.76. The molecule has 0 unspecified atom stereocenters. The van der Waals surface area contributed by atoms with E-state index in [2.05, 4.69) is 15.3 Å². The predicted octanol–water partition coefficient (Wildman–Crippen LogP) is 2.47. The van der Waals surface area contributed by atoms with Crippen molar-refractivity contribution in [3.05, 3.63) is 36.2 Å². The molecule has 2 aromatic rings. The van der Waals surface area contributed by atoms with Gasteiger partial charge in [-0.2, -0.15) is 5.10 Å². The van der Waals surface area contributed by atoms with Crippen LogP contribution in [0.15, 0.2) is 30.5 Å². The lowest BCUT2D eigenvalue weighted by molar-refractivity contribution is -0.117. The third-order valence-electron chi connectivity index (χ3n) is 5.13. The Kier molecular flexibility index (Phi) is 6.34. The van der Waals surface area contributed by atoms with Crippen LogP contribution in [0.1, 0.15) is 18.5 Å². The van der Waals surface area contributed by atoms with E-state index in [0.717, 1.165) is 48.8 Å². The van der Waals surface area contributed by atoms with Crippen LogP contribution in [0.5, 0.6) is 11.5 Å². The SMILES string of the molecule is COc1ccc(OCC2CCN(CC(=O)Nc3cnn(C)c3C)CC2)cc1. The lowest BCUT2D eigenvalue weighted by atomic mass is 9.98. The lowest BCUT2D eigenvalue weighted by Crippen LogP contribution is -2.40. The van der Waals surface area contributed by atoms with E-state index >= 15 is 0 Å². The molecule has 1 aromatic heterocycles. The van der Waals surface area contributed by atoms with Crippen LogP contribution in [-0.4, -0.2) is 53.9 Å². The lowest BCUT2D eigenvalue weighted by Gasteiger charge is -2.31. The first-order valence-corrected chi connectivity index (χ1v) is 9.33. The van der Waals surface area contributed by atoms with E-state index in [1.54, 1.807) is 18.0 Å². The topological polar surface area (TPSA) is 68.6 Å². The maximum Gasteiger partial charge on any atom is 0.238 e. The third-order valence-corrected chi connectivity index (χ3v) is 5.13. The van der Waals surface area contributed by atoms with Crippen LogP contribution in [-0.2, 0) is 11.8 Å². The van der Waals surface area contributed by atoms with Gasteiger partial charge in [-0.15, -0.1) is 0 Å². The number of aromatic nitrogens is 2. The molecular formula is C20H28N4O3. The van der Waals surface area contributed by atoms with Crippen LogP contribution in [0, 0.1) is 12.8 Å². The molecule has 0 bridgehead atoms. The first kappa shape index (κ1) is 19.2. The molecule has 0 atom stereocenters. The summed E-state index contributed by atoms with van der Waals surface area (Å²) in [5.74, 6) is 2.23. The molecule has 1 fully saturated rings. The van der Waals surface area contributed by atoms with Crippen molar-refractivity contribution in [3.63, 3.8) is 0 Å². The number of methoxy groups -OCH3 is 1. The second-order valence-corrected chi connectivity index (χ2v) is 7.02. The van der Waals surface area contributed by atoms with Gasteiger partial charge in [0.05, 0.1) is 37.8 Å². The molecule has 27 heavy (non-hydrogen) atoms. The van der Waals surface area contributed by atoms with Gasteiger partial charge in [-0.25, -0.2) is 0 Å². The summed E-state index contributed by atoms with van der Waals surface area (Å²) in [5, 5.41) is 7.10. The van der Waals surface area contributed by atoms with Crippen molar-refractivity contribution in [2.24, 2.45) is 13.0 Å². The average molecular weight is 372 g/mol. The van der Waals surface area contributed by atoms with Crippen LogP contribution in [0.25, 0.3) is 0 Å². The van der Waals surface area contributed by atoms with Crippen molar-refractivity contribution in [2.45, 2.75) is 19.8 Å². The number of amides is 1. The molecule has 3 rings (SSSR count). The molecule has 7 nitrogen and oxygen atoms in total. The number of ether oxygens (including phenoxy) is 2. The number of nitrogens with zero attached hydrogens (tertiary/aromatic N) is 3. The van der Waals surface area contributed by atoms with Crippen molar-refractivity contribution >= 4 is 11.6 Å². The number of nitrogens with one attached hydrogen (secondary N) is 1. The van der Waals surface area contributed by atoms with Gasteiger partial charge in [0.25, 0.3) is 0 Å². The fraction of sp³-hybridized carbons (Fsp3) is 0.500. The Morgan fingerprint density at radius 2 is 1.89 bits per heavy atom. The van der Waals surface area contributed by atoms with Crippen LogP contribution in [0.3, 0.4) is 0 Å². The Labute approximate surface area is 160 Å². The number of rotatable bonds is 7. The highest BCUT2D eigenvalue weighted by Gasteiger charge is 2.21. The molecule has 146 valence electrons. The van der Waals surface area contributed by atoms with Gasteiger partial charge in [-0.3, -0.25) is 14.4 Å². The summed E-state index contributed by atoms with van der Waals surface area (Å²) in [5.41, 5.74) is 1.74. The van der Waals surface area contributed by atoms with Crippen molar-refractivity contribution in [3.8, 4) is 11.5 Å². The number of carbonyl (C=O) groups excluding carboxylic acids is 1. The van der Waals surface area contributed by atoms with Gasteiger partial charge >= 0.3 is 0 Å². The molecule has 1 aliphatic rings. The summed E-state index contributed by atoms with van der Waals surface area (Å²) in [6.45, 7) is 4.89. The minimum Gasteiger partial charge on any atom is -0.497 e. The normalized spacial score (nSPS) is 15.5. The molecule has 1 aliphatic heterocycles. The Morgan fingerprint density at radius 3 is 2.48 bits per heavy atom. The number of carbonyl (C=O) groups is 1. The molecule has 1 aromatic carbocycles. The number of hydrogen-bond donors (Lipinski definition) is 1. The number of piperidine rings is 1. The smallest absolute Gasteiger partial charge is 0.238 e. The second kappa shape index (κ2) is 8.90. The Bertz CT molecular complexity index is 749. The summed E-state index contributed by atoms with van der Waals surface area (Å²) >= 11 is 0. The fourth-order valence-electron chi connectivity index (χ4n) is 3.21. The summed E-state index contributed by atoms with van der Waals surface area (Å²) in [6, 6.07) is 7.67. The van der Waals surface area contributed by atoms with E-state index in [-0.39, 0.29) is 5.91 Å². The molecule has 0 aliphatic carbocycles. The van der Waals surface area contributed by atoms with Gasteiger partial charge in [-0.05, 0) is 63.0 Å². The third kappa shape index (κ3) is 5.23. The van der Waals surface area contributed by atoms with E-state index in [0.29, 0.717) is 19.1 Å². The van der Waals surface area contributed by atoms with Gasteiger partial charge in [-0.1, -0.05) is 0 Å². The second-order valence-electron chi connectivity index (χ2n) is 7.02. The molecular weight excluding hydrogens is 344 g/mol. The van der Waals surface area contributed by atoms with Crippen molar-refractivity contribution in [1.82, 2.24) is 14.7 Å². The van der Waals surface area contributed by atoms with E-state index in [1.165, 1.54) is 0 Å². The van der Waals surface area contributed by atoms with Crippen molar-refractivity contribution in [2.75, 3.05) is 38.7 Å². The monoisotopic (exact) mass is 372 g/mol. The van der Waals surface area contributed by atoms with E-state index in [4.69, 9.17) is 9.47 Å². The minimum atomic E-state index is 0.0130. The molecule has 1 N–H and O–H groups in total. The van der Waals surface area contributed by atoms with Gasteiger partial charge in [0.15, 0.2) is 0 Å². The van der Waals surface area contributed by atoms with Gasteiger partial charge in [0, 0.05) is 7.05 Å². The van der Waals surface area contributed by atoms with E-state index in [1.807, 2.05) is 38.2 Å². The quantitative estimate of drug-likeness (QED) is 0.809. The van der Waals surface area contributed by atoms with Crippen LogP contribution >= 0.6 is 0 Å². The predicted molar refractivity (Wildman–Crippen MR) is 104 cm³/mol. The summed E-state index contributed by atoms with van der Waals surface area (Å²) < 4.78 is 12.8. The molecule has 7 heteroatoms. The average Bonchev–Trinajstić information content (AvgIpc) is 3.00. The minimum absolute atomic E-state index is 0.0130. The maximum absolute atomic E-state index is 12.3. The number of anilines is 1. The first-order chi connectivity index (χ1) is 13.0. The standard InChI is InChI=1S/C20H28N4O3/c1-15-19(12-21-23(15)2)22-20(25)13-24-10-8-16(9-11-24)14-27-18-6-4-17(26-3)5-7-18/h4-7,12,16H,8-11,13-14H2,1-3H3,(H,22,25). The summed E-state index contributed by atoms with van der Waals surface area (Å²) in [4.78, 5) is 14.5. The van der Waals surface area contributed by atoms with Crippen LogP contribution in [0.4, 0.5) is 5.69 Å². The Balaban J connectivity index is 1.38. The van der Waals surface area contributed by atoms with Crippen molar-refractivity contribution in [1.29, 1.82) is 0 Å². The molecule has 1 amide bonds. The highest BCUT2D eigenvalue weighted by molar-refractivity contribution is 5.92. The zero-order valence-electron chi connectivity index (χ0n) is 16.3. The zero-order chi connectivity index (χ0) is 19.2. The number of aryl methyl sites for hydroxylation is 1. The molecule has 0 saturated carbocycles. The molecule has 0 spiro atoms. The van der Waals surface area contributed by atoms with Gasteiger partial charge in [0.2, 0.25) is 5.91 Å². The highest BCUT2D eigenvalue weighted by atomic mass is 16.5. The number of hydrogen-bond acceptors (Lipinski definition) is 5. The summed E-state index contributed by atoms with van der Waals surface area (Å²) in [7, 11) is 3.52. The van der Waals surface area contributed by atoms with Crippen molar-refractivity contribution < 1.29 is 14.3 Å². The Morgan fingerprint density at radius 1 is 1.22 bits per heavy atom. The largest absolute Gasteiger partial charge is 0.497 e. The maximum atomic E-state index is 12.3. The van der Waals surface area contributed by atoms with Crippen LogP contribution < -0.4 is 14.8 Å². The van der Waals surface area contributed by atoms with Crippen LogP contribution in [0.2, 0.25) is 0 Å². The highest BCUT2D eigenvalue weighted by Crippen LogP contribution is 2.21. The first-order valence-electron chi connectivity index (χ1n) is 9.33. The van der Waals surface area contributed by atoms with E-state index < -0.39 is 0 Å². The molecule has 0 radical (unpaired) electrons. The van der Waals surface area contributed by atoms with E-state index in [9.17, 15) is 4.79 Å². The fourth-order valence-corrected chi connectivity index (χ4v) is 3.21.